The van der Waals surface area contributed by atoms with E-state index >= 15 is 0 Å². The highest BCUT2D eigenvalue weighted by atomic mass is 16.6. The van der Waals surface area contributed by atoms with Gasteiger partial charge in [-0.2, -0.15) is 0 Å². The number of hydrogen-bond donors (Lipinski definition) is 1. The van der Waals surface area contributed by atoms with Gasteiger partial charge in [-0.15, -0.1) is 0 Å². The van der Waals surface area contributed by atoms with Gasteiger partial charge < -0.3 is 14.7 Å². The number of ether oxygens (including phenoxy) is 1. The summed E-state index contributed by atoms with van der Waals surface area (Å²) in [7, 11) is 0. The molecule has 2 aliphatic heterocycles. The van der Waals surface area contributed by atoms with Crippen LogP contribution >= 0.6 is 0 Å². The molecular formula is C17H27NO4. The topological polar surface area (TPSA) is 66.8 Å². The van der Waals surface area contributed by atoms with E-state index in [9.17, 15) is 14.7 Å². The number of amides is 1. The van der Waals surface area contributed by atoms with Crippen LogP contribution in [0.15, 0.2) is 0 Å². The molecule has 0 aromatic heterocycles. The number of carbonyl (C=O) groups is 2. The maximum absolute atomic E-state index is 12.2. The average molecular weight is 309 g/mol. The summed E-state index contributed by atoms with van der Waals surface area (Å²) in [6.45, 7) is 2.19. The molecule has 2 unspecified atom stereocenters. The SMILES string of the molecule is CCOC(=O)N1C2CCC1CC(C(=O)O)(C1CCCCC1)C2. The van der Waals surface area contributed by atoms with Crippen LogP contribution in [-0.2, 0) is 9.53 Å². The van der Waals surface area contributed by atoms with Crippen molar-refractivity contribution in [3.05, 3.63) is 0 Å². The van der Waals surface area contributed by atoms with Crippen LogP contribution in [0.2, 0.25) is 0 Å². The van der Waals surface area contributed by atoms with E-state index in [4.69, 9.17) is 4.74 Å². The summed E-state index contributed by atoms with van der Waals surface area (Å²) in [6.07, 6.45) is 8.41. The summed E-state index contributed by atoms with van der Waals surface area (Å²) >= 11 is 0. The number of carboxylic acids is 1. The number of carboxylic acid groups (broad SMARTS) is 1. The quantitative estimate of drug-likeness (QED) is 0.867. The van der Waals surface area contributed by atoms with Crippen molar-refractivity contribution in [2.24, 2.45) is 11.3 Å². The average Bonchev–Trinajstić information content (AvgIpc) is 2.79. The summed E-state index contributed by atoms with van der Waals surface area (Å²) in [5.41, 5.74) is -0.616. The highest BCUT2D eigenvalue weighted by Crippen LogP contribution is 2.53. The molecule has 0 aromatic carbocycles. The molecule has 1 saturated carbocycles. The molecule has 0 spiro atoms. The fraction of sp³-hybridized carbons (Fsp3) is 0.882. The van der Waals surface area contributed by atoms with Crippen molar-refractivity contribution in [2.75, 3.05) is 6.61 Å². The van der Waals surface area contributed by atoms with Crippen LogP contribution in [0.3, 0.4) is 0 Å². The van der Waals surface area contributed by atoms with Crippen LogP contribution in [-0.4, -0.2) is 40.8 Å². The first-order chi connectivity index (χ1) is 10.6. The van der Waals surface area contributed by atoms with Crippen molar-refractivity contribution in [3.63, 3.8) is 0 Å². The van der Waals surface area contributed by atoms with Crippen molar-refractivity contribution in [2.45, 2.75) is 76.8 Å². The van der Waals surface area contributed by atoms with Crippen LogP contribution in [0, 0.1) is 11.3 Å². The van der Waals surface area contributed by atoms with Crippen molar-refractivity contribution in [3.8, 4) is 0 Å². The standard InChI is InChI=1S/C17H27NO4/c1-2-22-16(21)18-13-8-9-14(18)11-17(10-13,15(19)20)12-6-4-3-5-7-12/h12-14H,2-11H2,1H3,(H,19,20). The zero-order valence-electron chi connectivity index (χ0n) is 13.4. The summed E-state index contributed by atoms with van der Waals surface area (Å²) in [5, 5.41) is 10.00. The maximum Gasteiger partial charge on any atom is 0.410 e. The molecule has 1 aliphatic carbocycles. The minimum absolute atomic E-state index is 0.0517. The minimum atomic E-state index is -0.639. The molecule has 0 radical (unpaired) electrons. The first-order valence-electron chi connectivity index (χ1n) is 8.77. The predicted octanol–water partition coefficient (Wildman–Crippen LogP) is 3.42. The van der Waals surface area contributed by atoms with E-state index in [0.29, 0.717) is 19.4 Å². The smallest absolute Gasteiger partial charge is 0.410 e. The number of piperidine rings is 1. The molecule has 5 nitrogen and oxygen atoms in total. The van der Waals surface area contributed by atoms with E-state index in [1.54, 1.807) is 0 Å². The van der Waals surface area contributed by atoms with Crippen molar-refractivity contribution < 1.29 is 19.4 Å². The molecular weight excluding hydrogens is 282 g/mol. The molecule has 3 rings (SSSR count). The molecule has 124 valence electrons. The van der Waals surface area contributed by atoms with Crippen LogP contribution < -0.4 is 0 Å². The van der Waals surface area contributed by atoms with E-state index in [1.807, 2.05) is 11.8 Å². The Morgan fingerprint density at radius 1 is 1.09 bits per heavy atom. The molecule has 2 saturated heterocycles. The molecule has 1 N–H and O–H groups in total. The van der Waals surface area contributed by atoms with E-state index in [1.165, 1.54) is 6.42 Å². The number of fused-ring (bicyclic) bond motifs is 2. The summed E-state index contributed by atoms with van der Waals surface area (Å²) in [5.74, 6) is -0.356. The molecule has 0 aromatic rings. The fourth-order valence-corrected chi connectivity index (χ4v) is 5.12. The van der Waals surface area contributed by atoms with Crippen LogP contribution in [0.1, 0.15) is 64.7 Å². The second-order valence-corrected chi connectivity index (χ2v) is 7.20. The zero-order chi connectivity index (χ0) is 15.7. The van der Waals surface area contributed by atoms with Gasteiger partial charge in [0.2, 0.25) is 0 Å². The Balaban J connectivity index is 1.81. The molecule has 2 heterocycles. The monoisotopic (exact) mass is 309 g/mol. The first-order valence-corrected chi connectivity index (χ1v) is 8.77. The van der Waals surface area contributed by atoms with Crippen LogP contribution in [0.25, 0.3) is 0 Å². The van der Waals surface area contributed by atoms with Crippen LogP contribution in [0.5, 0.6) is 0 Å². The van der Waals surface area contributed by atoms with E-state index in [0.717, 1.165) is 38.5 Å². The van der Waals surface area contributed by atoms with Gasteiger partial charge in [-0.25, -0.2) is 4.79 Å². The second kappa shape index (κ2) is 6.09. The van der Waals surface area contributed by atoms with Gasteiger partial charge >= 0.3 is 12.1 Å². The largest absolute Gasteiger partial charge is 0.481 e. The Hall–Kier alpha value is -1.26. The molecule has 2 atom stereocenters. The third kappa shape index (κ3) is 2.48. The number of nitrogens with zero attached hydrogens (tertiary/aromatic N) is 1. The number of rotatable bonds is 3. The Kier molecular flexibility index (Phi) is 4.33. The Morgan fingerprint density at radius 2 is 1.68 bits per heavy atom. The molecule has 5 heteroatoms. The Labute approximate surface area is 132 Å². The van der Waals surface area contributed by atoms with E-state index < -0.39 is 11.4 Å². The lowest BCUT2D eigenvalue weighted by Crippen LogP contribution is -2.55. The Morgan fingerprint density at radius 3 is 2.18 bits per heavy atom. The fourth-order valence-electron chi connectivity index (χ4n) is 5.12. The van der Waals surface area contributed by atoms with Crippen molar-refractivity contribution >= 4 is 12.1 Å². The van der Waals surface area contributed by atoms with Crippen LogP contribution in [0.4, 0.5) is 4.79 Å². The molecule has 22 heavy (non-hydrogen) atoms. The van der Waals surface area contributed by atoms with Gasteiger partial charge in [0.25, 0.3) is 0 Å². The van der Waals surface area contributed by atoms with Gasteiger partial charge in [-0.3, -0.25) is 4.79 Å². The lowest BCUT2D eigenvalue weighted by Gasteiger charge is -2.48. The third-order valence-electron chi connectivity index (χ3n) is 6.11. The predicted molar refractivity (Wildman–Crippen MR) is 81.5 cm³/mol. The highest BCUT2D eigenvalue weighted by molar-refractivity contribution is 5.77. The van der Waals surface area contributed by atoms with Gasteiger partial charge in [-0.05, 0) is 51.4 Å². The molecule has 2 bridgehead atoms. The summed E-state index contributed by atoms with van der Waals surface area (Å²) in [6, 6.07) is 0.103. The number of aliphatic carboxylic acids is 1. The van der Waals surface area contributed by atoms with Gasteiger partial charge in [-0.1, -0.05) is 19.3 Å². The first kappa shape index (κ1) is 15.6. The zero-order valence-corrected chi connectivity index (χ0v) is 13.4. The van der Waals surface area contributed by atoms with Gasteiger partial charge in [0.05, 0.1) is 12.0 Å². The van der Waals surface area contributed by atoms with Gasteiger partial charge in [0.15, 0.2) is 0 Å². The summed E-state index contributed by atoms with van der Waals surface area (Å²) in [4.78, 5) is 26.2. The second-order valence-electron chi connectivity index (χ2n) is 7.20. The summed E-state index contributed by atoms with van der Waals surface area (Å²) < 4.78 is 5.18. The normalized spacial score (nSPS) is 35.4. The third-order valence-corrected chi connectivity index (χ3v) is 6.11. The Bertz CT molecular complexity index is 430. The van der Waals surface area contributed by atoms with Crippen molar-refractivity contribution in [1.29, 1.82) is 0 Å². The number of carbonyl (C=O) groups excluding carboxylic acids is 1. The van der Waals surface area contributed by atoms with Gasteiger partial charge in [0.1, 0.15) is 0 Å². The molecule has 3 aliphatic rings. The maximum atomic E-state index is 12.2. The number of hydrogen-bond acceptors (Lipinski definition) is 3. The van der Waals surface area contributed by atoms with Crippen molar-refractivity contribution in [1.82, 2.24) is 4.90 Å². The molecule has 3 fully saturated rings. The lowest BCUT2D eigenvalue weighted by atomic mass is 9.62. The molecule has 1 amide bonds. The lowest BCUT2D eigenvalue weighted by molar-refractivity contribution is -0.160. The highest BCUT2D eigenvalue weighted by Gasteiger charge is 2.57. The minimum Gasteiger partial charge on any atom is -0.481 e. The van der Waals surface area contributed by atoms with E-state index in [2.05, 4.69) is 0 Å². The van der Waals surface area contributed by atoms with E-state index in [-0.39, 0.29) is 24.1 Å². The van der Waals surface area contributed by atoms with Gasteiger partial charge in [0, 0.05) is 12.1 Å².